The van der Waals surface area contributed by atoms with E-state index in [1.165, 1.54) is 19.2 Å². The molecule has 1 N–H and O–H groups in total. The van der Waals surface area contributed by atoms with E-state index in [2.05, 4.69) is 26.8 Å². The maximum Gasteiger partial charge on any atom is 0.318 e. The minimum atomic E-state index is -0.562. The third-order valence-electron chi connectivity index (χ3n) is 6.14. The van der Waals surface area contributed by atoms with Gasteiger partial charge in [-0.3, -0.25) is 4.98 Å². The van der Waals surface area contributed by atoms with Crippen molar-refractivity contribution >= 4 is 28.3 Å². The molecule has 1 aromatic carbocycles. The monoisotopic (exact) mass is 442 g/mol. The van der Waals surface area contributed by atoms with Crippen LogP contribution in [0.15, 0.2) is 18.3 Å². The van der Waals surface area contributed by atoms with Gasteiger partial charge in [-0.2, -0.15) is 9.97 Å². The number of rotatable bonds is 4. The van der Waals surface area contributed by atoms with Crippen molar-refractivity contribution in [1.29, 1.82) is 0 Å². The van der Waals surface area contributed by atoms with Gasteiger partial charge in [0, 0.05) is 29.9 Å². The molecule has 3 heterocycles. The number of phenols is 1. The molecule has 6 nitrogen and oxygen atoms in total. The van der Waals surface area contributed by atoms with Crippen LogP contribution in [0.4, 0.5) is 10.2 Å². The Balaban J connectivity index is 1.71. The minimum Gasteiger partial charge on any atom is -0.508 e. The van der Waals surface area contributed by atoms with Crippen LogP contribution in [-0.2, 0) is 0 Å². The van der Waals surface area contributed by atoms with E-state index in [4.69, 9.17) is 16.3 Å². The van der Waals surface area contributed by atoms with Crippen LogP contribution in [0, 0.1) is 11.7 Å². The number of methoxy groups -OCH3 is 1. The fourth-order valence-corrected chi connectivity index (χ4v) is 4.88. The van der Waals surface area contributed by atoms with Gasteiger partial charge in [-0.1, -0.05) is 18.5 Å². The molecular weight excluding hydrogens is 419 g/mol. The quantitative estimate of drug-likeness (QED) is 0.590. The van der Waals surface area contributed by atoms with Gasteiger partial charge in [0.2, 0.25) is 0 Å². The zero-order valence-electron chi connectivity index (χ0n) is 17.5. The summed E-state index contributed by atoms with van der Waals surface area (Å²) in [6.07, 6.45) is 5.81. The average molecular weight is 443 g/mol. The van der Waals surface area contributed by atoms with E-state index < -0.39 is 5.82 Å². The number of pyridine rings is 1. The van der Waals surface area contributed by atoms with Crippen LogP contribution in [0.25, 0.3) is 22.2 Å². The number of anilines is 1. The van der Waals surface area contributed by atoms with Crippen LogP contribution in [0.5, 0.6) is 11.8 Å². The second-order valence-electron chi connectivity index (χ2n) is 8.57. The summed E-state index contributed by atoms with van der Waals surface area (Å²) in [5, 5.41) is 11.1. The van der Waals surface area contributed by atoms with E-state index in [0.29, 0.717) is 27.7 Å². The fraction of sp³-hybridized carbons (Fsp3) is 0.435. The summed E-state index contributed by atoms with van der Waals surface area (Å²) in [5.74, 6) is 0.840. The van der Waals surface area contributed by atoms with Crippen molar-refractivity contribution in [1.82, 2.24) is 15.0 Å². The van der Waals surface area contributed by atoms with E-state index in [9.17, 15) is 5.11 Å². The highest BCUT2D eigenvalue weighted by molar-refractivity contribution is 6.32. The Labute approximate surface area is 185 Å². The fourth-order valence-electron chi connectivity index (χ4n) is 4.51. The Morgan fingerprint density at radius 2 is 2.03 bits per heavy atom. The van der Waals surface area contributed by atoms with E-state index in [-0.39, 0.29) is 28.9 Å². The Kier molecular flexibility index (Phi) is 5.08. The number of phenolic OH excluding ortho intramolecular Hbond substituents is 1. The summed E-state index contributed by atoms with van der Waals surface area (Å²) < 4.78 is 21.2. The number of ether oxygens (including phenoxy) is 1. The van der Waals surface area contributed by atoms with Gasteiger partial charge in [-0.15, -0.1) is 0 Å². The standard InChI is InChI=1S/C23H24ClFN4O2/c1-12-4-3-7-29(11-12)22-16-10-26-20(19(25)21(16)27-23(28-22)31-2)15-8-14(30)9-17(24)18(15)13-5-6-13/h8-10,12-13,30H,3-7,11H2,1-2H3. The Bertz CT molecular complexity index is 1170. The van der Waals surface area contributed by atoms with Gasteiger partial charge in [-0.25, -0.2) is 4.39 Å². The number of fused-ring (bicyclic) bond motifs is 1. The first-order valence-electron chi connectivity index (χ1n) is 10.6. The van der Waals surface area contributed by atoms with Gasteiger partial charge in [0.05, 0.1) is 12.5 Å². The van der Waals surface area contributed by atoms with Gasteiger partial charge in [0.25, 0.3) is 0 Å². The van der Waals surface area contributed by atoms with Crippen LogP contribution in [0.3, 0.4) is 0 Å². The van der Waals surface area contributed by atoms with Gasteiger partial charge in [0.1, 0.15) is 22.8 Å². The Hall–Kier alpha value is -2.67. The lowest BCUT2D eigenvalue weighted by Crippen LogP contribution is -2.35. The summed E-state index contributed by atoms with van der Waals surface area (Å²) >= 11 is 6.42. The molecule has 162 valence electrons. The zero-order chi connectivity index (χ0) is 21.7. The van der Waals surface area contributed by atoms with Crippen molar-refractivity contribution in [2.75, 3.05) is 25.1 Å². The van der Waals surface area contributed by atoms with Crippen molar-refractivity contribution in [3.63, 3.8) is 0 Å². The Morgan fingerprint density at radius 1 is 1.23 bits per heavy atom. The number of hydrogen-bond acceptors (Lipinski definition) is 6. The molecule has 0 radical (unpaired) electrons. The molecule has 2 fully saturated rings. The van der Waals surface area contributed by atoms with Crippen LogP contribution in [-0.4, -0.2) is 40.3 Å². The lowest BCUT2D eigenvalue weighted by atomic mass is 9.98. The highest BCUT2D eigenvalue weighted by Gasteiger charge is 2.31. The topological polar surface area (TPSA) is 71.4 Å². The molecule has 1 aliphatic carbocycles. The third-order valence-corrected chi connectivity index (χ3v) is 6.45. The second-order valence-corrected chi connectivity index (χ2v) is 8.98. The molecule has 1 saturated carbocycles. The highest BCUT2D eigenvalue weighted by atomic mass is 35.5. The number of halogens is 2. The van der Waals surface area contributed by atoms with E-state index in [1.54, 1.807) is 6.20 Å². The van der Waals surface area contributed by atoms with Crippen molar-refractivity contribution in [2.45, 2.75) is 38.5 Å². The van der Waals surface area contributed by atoms with E-state index in [1.807, 2.05) is 0 Å². The summed E-state index contributed by atoms with van der Waals surface area (Å²) in [6, 6.07) is 3.15. The molecule has 0 amide bonds. The van der Waals surface area contributed by atoms with Crippen LogP contribution in [0.1, 0.15) is 44.1 Å². The predicted molar refractivity (Wildman–Crippen MR) is 119 cm³/mol. The average Bonchev–Trinajstić information content (AvgIpc) is 3.58. The van der Waals surface area contributed by atoms with Crippen molar-refractivity contribution in [2.24, 2.45) is 5.92 Å². The van der Waals surface area contributed by atoms with Gasteiger partial charge >= 0.3 is 6.01 Å². The molecule has 2 aliphatic rings. The molecule has 1 unspecified atom stereocenters. The smallest absolute Gasteiger partial charge is 0.318 e. The molecule has 2 aromatic heterocycles. The zero-order valence-corrected chi connectivity index (χ0v) is 18.3. The van der Waals surface area contributed by atoms with Crippen LogP contribution in [0.2, 0.25) is 5.02 Å². The SMILES string of the molecule is COc1nc(N2CCCC(C)C2)c2cnc(-c3cc(O)cc(Cl)c3C3CC3)c(F)c2n1. The molecule has 3 aromatic rings. The molecule has 1 atom stereocenters. The number of hydrogen-bond donors (Lipinski definition) is 1. The van der Waals surface area contributed by atoms with E-state index >= 15 is 4.39 Å². The second kappa shape index (κ2) is 7.79. The van der Waals surface area contributed by atoms with Gasteiger partial charge in [-0.05, 0) is 55.2 Å². The van der Waals surface area contributed by atoms with Crippen molar-refractivity contribution in [3.05, 3.63) is 34.7 Å². The maximum atomic E-state index is 15.9. The molecule has 1 aliphatic heterocycles. The molecular formula is C23H24ClFN4O2. The van der Waals surface area contributed by atoms with Crippen molar-refractivity contribution < 1.29 is 14.2 Å². The van der Waals surface area contributed by atoms with Crippen LogP contribution >= 0.6 is 11.6 Å². The summed E-state index contributed by atoms with van der Waals surface area (Å²) in [6.45, 7) is 3.89. The Morgan fingerprint density at radius 3 is 2.74 bits per heavy atom. The molecule has 1 saturated heterocycles. The van der Waals surface area contributed by atoms with Gasteiger partial charge in [0.15, 0.2) is 5.82 Å². The summed E-state index contributed by atoms with van der Waals surface area (Å²) in [4.78, 5) is 15.5. The first-order valence-corrected chi connectivity index (χ1v) is 11.0. The number of benzene rings is 1. The molecule has 5 rings (SSSR count). The predicted octanol–water partition coefficient (Wildman–Crippen LogP) is 5.31. The normalized spacial score (nSPS) is 19.1. The number of nitrogens with zero attached hydrogens (tertiary/aromatic N) is 4. The summed E-state index contributed by atoms with van der Waals surface area (Å²) in [7, 11) is 1.48. The van der Waals surface area contributed by atoms with Crippen LogP contribution < -0.4 is 9.64 Å². The number of aromatic nitrogens is 3. The summed E-state index contributed by atoms with van der Waals surface area (Å²) in [5.41, 5.74) is 1.63. The highest BCUT2D eigenvalue weighted by Crippen LogP contribution is 2.49. The molecule has 8 heteroatoms. The minimum absolute atomic E-state index is 0.0195. The first kappa shape index (κ1) is 20.2. The van der Waals surface area contributed by atoms with E-state index in [0.717, 1.165) is 44.3 Å². The van der Waals surface area contributed by atoms with Gasteiger partial charge < -0.3 is 14.7 Å². The molecule has 0 spiro atoms. The third kappa shape index (κ3) is 3.65. The number of piperidine rings is 1. The largest absolute Gasteiger partial charge is 0.508 e. The molecule has 0 bridgehead atoms. The lowest BCUT2D eigenvalue weighted by molar-refractivity contribution is 0.379. The lowest BCUT2D eigenvalue weighted by Gasteiger charge is -2.32. The van der Waals surface area contributed by atoms with Crippen molar-refractivity contribution in [3.8, 4) is 23.0 Å². The first-order chi connectivity index (χ1) is 15.0. The molecule has 31 heavy (non-hydrogen) atoms. The number of aromatic hydroxyl groups is 1. The maximum absolute atomic E-state index is 15.9.